The second-order valence-electron chi connectivity index (χ2n) is 5.20. The molecule has 2 heterocycles. The zero-order valence-corrected chi connectivity index (χ0v) is 12.0. The van der Waals surface area contributed by atoms with Gasteiger partial charge >= 0.3 is 0 Å². The van der Waals surface area contributed by atoms with E-state index in [0.717, 1.165) is 36.5 Å². The molecule has 21 heavy (non-hydrogen) atoms. The third-order valence-electron chi connectivity index (χ3n) is 3.87. The van der Waals surface area contributed by atoms with Crippen molar-refractivity contribution in [2.75, 3.05) is 11.4 Å². The number of rotatable bonds is 2. The van der Waals surface area contributed by atoms with E-state index in [4.69, 9.17) is 10.9 Å². The lowest BCUT2D eigenvalue weighted by atomic mass is 10.0. The molecule has 5 nitrogen and oxygen atoms in total. The van der Waals surface area contributed by atoms with E-state index < -0.39 is 0 Å². The standard InChI is InChI=1S/C16H18N4O/c1-11-8-9-18-16(14(11)15(17)19-21)20-10-4-6-12-5-2-3-7-13(12)20/h2-3,5,7-9,21H,4,6,10H2,1H3,(H2,17,19). The smallest absolute Gasteiger partial charge is 0.174 e. The fourth-order valence-corrected chi connectivity index (χ4v) is 2.87. The maximum atomic E-state index is 9.05. The summed E-state index contributed by atoms with van der Waals surface area (Å²) < 4.78 is 0. The van der Waals surface area contributed by atoms with Crippen LogP contribution >= 0.6 is 0 Å². The van der Waals surface area contributed by atoms with E-state index in [1.807, 2.05) is 19.1 Å². The number of fused-ring (bicyclic) bond motifs is 1. The van der Waals surface area contributed by atoms with Crippen LogP contribution in [-0.4, -0.2) is 22.6 Å². The van der Waals surface area contributed by atoms with Gasteiger partial charge in [-0.15, -0.1) is 0 Å². The first kappa shape index (κ1) is 13.4. The second kappa shape index (κ2) is 5.44. The topological polar surface area (TPSA) is 74.7 Å². The molecular formula is C16H18N4O. The fourth-order valence-electron chi connectivity index (χ4n) is 2.87. The molecule has 0 saturated carbocycles. The highest BCUT2D eigenvalue weighted by Gasteiger charge is 2.23. The molecule has 1 aliphatic heterocycles. The van der Waals surface area contributed by atoms with Crippen molar-refractivity contribution in [1.29, 1.82) is 0 Å². The second-order valence-corrected chi connectivity index (χ2v) is 5.20. The van der Waals surface area contributed by atoms with Gasteiger partial charge in [-0.3, -0.25) is 0 Å². The number of benzene rings is 1. The van der Waals surface area contributed by atoms with Crippen LogP contribution in [0.5, 0.6) is 0 Å². The van der Waals surface area contributed by atoms with Crippen molar-refractivity contribution in [3.8, 4) is 0 Å². The lowest BCUT2D eigenvalue weighted by molar-refractivity contribution is 0.318. The molecule has 0 atom stereocenters. The lowest BCUT2D eigenvalue weighted by Gasteiger charge is -2.31. The third kappa shape index (κ3) is 2.31. The highest BCUT2D eigenvalue weighted by molar-refractivity contribution is 6.03. The van der Waals surface area contributed by atoms with Gasteiger partial charge in [0.2, 0.25) is 0 Å². The summed E-state index contributed by atoms with van der Waals surface area (Å²) in [7, 11) is 0. The molecule has 3 N–H and O–H groups in total. The van der Waals surface area contributed by atoms with Crippen LogP contribution in [0.1, 0.15) is 23.1 Å². The number of anilines is 2. The first-order valence-electron chi connectivity index (χ1n) is 7.01. The monoisotopic (exact) mass is 282 g/mol. The zero-order valence-electron chi connectivity index (χ0n) is 12.0. The highest BCUT2D eigenvalue weighted by atomic mass is 16.4. The molecule has 1 aromatic heterocycles. The molecule has 0 fully saturated rings. The van der Waals surface area contributed by atoms with E-state index in [2.05, 4.69) is 33.2 Å². The molecule has 0 bridgehead atoms. The van der Waals surface area contributed by atoms with E-state index in [9.17, 15) is 0 Å². The Bertz CT molecular complexity index is 696. The Labute approximate surface area is 123 Å². The van der Waals surface area contributed by atoms with E-state index in [1.165, 1.54) is 5.56 Å². The summed E-state index contributed by atoms with van der Waals surface area (Å²) in [6, 6.07) is 10.2. The predicted molar refractivity (Wildman–Crippen MR) is 83.3 cm³/mol. The summed E-state index contributed by atoms with van der Waals surface area (Å²) in [6.45, 7) is 2.81. The molecule has 108 valence electrons. The summed E-state index contributed by atoms with van der Waals surface area (Å²) in [4.78, 5) is 6.64. The van der Waals surface area contributed by atoms with Crippen LogP contribution in [0, 0.1) is 6.92 Å². The first-order valence-corrected chi connectivity index (χ1v) is 7.01. The van der Waals surface area contributed by atoms with Crippen LogP contribution < -0.4 is 10.6 Å². The Hall–Kier alpha value is -2.56. The van der Waals surface area contributed by atoms with Crippen molar-refractivity contribution in [1.82, 2.24) is 4.98 Å². The predicted octanol–water partition coefficient (Wildman–Crippen LogP) is 2.57. The molecule has 0 unspecified atom stereocenters. The third-order valence-corrected chi connectivity index (χ3v) is 3.87. The number of nitrogens with zero attached hydrogens (tertiary/aromatic N) is 3. The van der Waals surface area contributed by atoms with Gasteiger partial charge in [0.05, 0.1) is 5.56 Å². The molecular weight excluding hydrogens is 264 g/mol. The number of pyridine rings is 1. The molecule has 5 heteroatoms. The number of nitrogens with two attached hydrogens (primary N) is 1. The number of aromatic nitrogens is 1. The highest BCUT2D eigenvalue weighted by Crippen LogP contribution is 2.34. The van der Waals surface area contributed by atoms with E-state index >= 15 is 0 Å². The molecule has 3 rings (SSSR count). The van der Waals surface area contributed by atoms with Gasteiger partial charge in [0.1, 0.15) is 5.82 Å². The van der Waals surface area contributed by atoms with Crippen molar-refractivity contribution in [2.24, 2.45) is 10.9 Å². The Morgan fingerprint density at radius 3 is 2.95 bits per heavy atom. The minimum Gasteiger partial charge on any atom is -0.409 e. The molecule has 0 radical (unpaired) electrons. The van der Waals surface area contributed by atoms with Gasteiger partial charge in [0.25, 0.3) is 0 Å². The van der Waals surface area contributed by atoms with Gasteiger partial charge in [-0.25, -0.2) is 4.98 Å². The Morgan fingerprint density at radius 1 is 1.33 bits per heavy atom. The van der Waals surface area contributed by atoms with E-state index in [1.54, 1.807) is 6.20 Å². The van der Waals surface area contributed by atoms with Crippen molar-refractivity contribution in [3.05, 3.63) is 53.2 Å². The van der Waals surface area contributed by atoms with Crippen LogP contribution in [0.15, 0.2) is 41.7 Å². The minimum atomic E-state index is 0.0960. The maximum absolute atomic E-state index is 9.05. The van der Waals surface area contributed by atoms with Crippen molar-refractivity contribution >= 4 is 17.3 Å². The van der Waals surface area contributed by atoms with Crippen LogP contribution in [0.3, 0.4) is 0 Å². The van der Waals surface area contributed by atoms with Crippen LogP contribution in [0.4, 0.5) is 11.5 Å². The average Bonchev–Trinajstić information content (AvgIpc) is 2.53. The van der Waals surface area contributed by atoms with Gasteiger partial charge < -0.3 is 15.8 Å². The van der Waals surface area contributed by atoms with Crippen molar-refractivity contribution in [2.45, 2.75) is 19.8 Å². The normalized spacial score (nSPS) is 14.9. The fraction of sp³-hybridized carbons (Fsp3) is 0.250. The quantitative estimate of drug-likeness (QED) is 0.384. The summed E-state index contributed by atoms with van der Waals surface area (Å²) >= 11 is 0. The molecule has 1 aliphatic rings. The van der Waals surface area contributed by atoms with Crippen molar-refractivity contribution in [3.63, 3.8) is 0 Å². The van der Waals surface area contributed by atoms with Gasteiger partial charge in [0.15, 0.2) is 5.84 Å². The molecule has 0 aliphatic carbocycles. The van der Waals surface area contributed by atoms with Crippen LogP contribution in [0.25, 0.3) is 0 Å². The van der Waals surface area contributed by atoms with Crippen LogP contribution in [-0.2, 0) is 6.42 Å². The summed E-state index contributed by atoms with van der Waals surface area (Å²) in [5, 5.41) is 12.2. The number of hydrogen-bond donors (Lipinski definition) is 2. The number of aryl methyl sites for hydroxylation is 2. The van der Waals surface area contributed by atoms with Crippen molar-refractivity contribution < 1.29 is 5.21 Å². The summed E-state index contributed by atoms with van der Waals surface area (Å²) in [6.07, 6.45) is 3.88. The van der Waals surface area contributed by atoms with Gasteiger partial charge in [-0.1, -0.05) is 23.4 Å². The Morgan fingerprint density at radius 2 is 2.14 bits per heavy atom. The zero-order chi connectivity index (χ0) is 14.8. The Kier molecular flexibility index (Phi) is 3.48. The molecule has 0 amide bonds. The van der Waals surface area contributed by atoms with Gasteiger partial charge in [-0.2, -0.15) is 0 Å². The summed E-state index contributed by atoms with van der Waals surface area (Å²) in [5.74, 6) is 0.844. The average molecular weight is 282 g/mol. The number of hydrogen-bond acceptors (Lipinski definition) is 4. The van der Waals surface area contributed by atoms with Crippen LogP contribution in [0.2, 0.25) is 0 Å². The molecule has 2 aromatic rings. The largest absolute Gasteiger partial charge is 0.409 e. The molecule has 0 saturated heterocycles. The number of para-hydroxylation sites is 1. The van der Waals surface area contributed by atoms with Gasteiger partial charge in [0, 0.05) is 18.4 Å². The summed E-state index contributed by atoms with van der Waals surface area (Å²) in [5.41, 5.74) is 9.94. The maximum Gasteiger partial charge on any atom is 0.174 e. The molecule has 0 spiro atoms. The van der Waals surface area contributed by atoms with Gasteiger partial charge in [-0.05, 0) is 43.0 Å². The van der Waals surface area contributed by atoms with E-state index in [-0.39, 0.29) is 5.84 Å². The number of oxime groups is 1. The minimum absolute atomic E-state index is 0.0960. The first-order chi connectivity index (χ1) is 10.2. The SMILES string of the molecule is Cc1ccnc(N2CCCc3ccccc32)c1/C(N)=N/O. The lowest BCUT2D eigenvalue weighted by Crippen LogP contribution is -2.29. The molecule has 1 aromatic carbocycles. The number of amidine groups is 1. The van der Waals surface area contributed by atoms with E-state index in [0.29, 0.717) is 5.56 Å². The Balaban J connectivity index is 2.17.